The lowest BCUT2D eigenvalue weighted by atomic mass is 9.88. The van der Waals surface area contributed by atoms with Crippen molar-refractivity contribution in [2.75, 3.05) is 25.0 Å². The molecule has 0 atom stereocenters. The fourth-order valence-corrected chi connectivity index (χ4v) is 4.23. The number of aryl methyl sites for hydroxylation is 2. The second kappa shape index (κ2) is 8.53. The summed E-state index contributed by atoms with van der Waals surface area (Å²) in [6.45, 7) is 7.77. The number of Topliss-reactive ketones (excluding diaryl/α,β-unsaturated/α-hetero) is 1. The average molecular weight is 425 g/mol. The number of nitrogens with zero attached hydrogens (tertiary/aromatic N) is 3. The Kier molecular flexibility index (Phi) is 5.80. The number of aromatic nitrogens is 2. The number of hydrogen-bond acceptors (Lipinski definition) is 5. The Hall–Kier alpha value is -3.16. The molecule has 164 valence electrons. The summed E-state index contributed by atoms with van der Waals surface area (Å²) in [5.74, 6) is 0.382. The van der Waals surface area contributed by atoms with Crippen LogP contribution in [0.1, 0.15) is 46.6 Å². The second-order valence-corrected chi connectivity index (χ2v) is 8.34. The van der Waals surface area contributed by atoms with Gasteiger partial charge in [0.05, 0.1) is 11.4 Å². The topological polar surface area (TPSA) is 93.5 Å². The van der Waals surface area contributed by atoms with E-state index in [9.17, 15) is 14.4 Å². The van der Waals surface area contributed by atoms with Crippen LogP contribution in [0, 0.1) is 26.7 Å². The average Bonchev–Trinajstić information content (AvgIpc) is 3.03. The molecule has 0 unspecified atom stereocenters. The molecular formula is C23H28N4O4. The minimum Gasteiger partial charge on any atom is -0.482 e. The summed E-state index contributed by atoms with van der Waals surface area (Å²) in [7, 11) is 0. The van der Waals surface area contributed by atoms with Crippen LogP contribution in [0.15, 0.2) is 18.2 Å². The molecule has 2 aliphatic rings. The summed E-state index contributed by atoms with van der Waals surface area (Å²) in [5, 5.41) is 7.24. The molecule has 8 heteroatoms. The van der Waals surface area contributed by atoms with Crippen molar-refractivity contribution in [3.63, 3.8) is 0 Å². The molecule has 4 rings (SSSR count). The number of anilines is 1. The molecule has 2 aromatic rings. The first-order valence-corrected chi connectivity index (χ1v) is 10.7. The van der Waals surface area contributed by atoms with E-state index in [-0.39, 0.29) is 30.1 Å². The van der Waals surface area contributed by atoms with Crippen LogP contribution >= 0.6 is 0 Å². The van der Waals surface area contributed by atoms with Gasteiger partial charge in [-0.1, -0.05) is 0 Å². The fraction of sp³-hybridized carbons (Fsp3) is 0.478. The second-order valence-electron chi connectivity index (χ2n) is 8.34. The predicted octanol–water partition coefficient (Wildman–Crippen LogP) is 2.65. The SMILES string of the molecule is Cc1nn(CCC(=O)N2CCC(C(=O)c3ccc4c(c3)NC(=O)CO4)CC2)c(C)c1C. The summed E-state index contributed by atoms with van der Waals surface area (Å²) in [5.41, 5.74) is 4.36. The van der Waals surface area contributed by atoms with Crippen molar-refractivity contribution >= 4 is 23.3 Å². The van der Waals surface area contributed by atoms with Gasteiger partial charge in [0.15, 0.2) is 12.4 Å². The number of benzene rings is 1. The summed E-state index contributed by atoms with van der Waals surface area (Å²) in [6, 6.07) is 5.15. The van der Waals surface area contributed by atoms with Gasteiger partial charge in [-0.05, 0) is 57.4 Å². The minimum atomic E-state index is -0.223. The van der Waals surface area contributed by atoms with E-state index >= 15 is 0 Å². The summed E-state index contributed by atoms with van der Waals surface area (Å²) in [6.07, 6.45) is 1.69. The standard InChI is InChI=1S/C23H28N4O4/c1-14-15(2)25-27(16(14)3)11-8-22(29)26-9-6-17(7-10-26)23(30)18-4-5-20-19(12-18)24-21(28)13-31-20/h4-5,12,17H,6-11,13H2,1-3H3,(H,24,28). The highest BCUT2D eigenvalue weighted by Gasteiger charge is 2.29. The Balaban J connectivity index is 1.31. The van der Waals surface area contributed by atoms with E-state index in [2.05, 4.69) is 10.4 Å². The number of rotatable bonds is 5. The number of carbonyl (C=O) groups excluding carboxylic acids is 3. The molecule has 0 spiro atoms. The zero-order valence-electron chi connectivity index (χ0n) is 18.2. The normalized spacial score (nSPS) is 16.5. The molecule has 1 fully saturated rings. The zero-order valence-corrected chi connectivity index (χ0v) is 18.2. The maximum Gasteiger partial charge on any atom is 0.262 e. The molecule has 31 heavy (non-hydrogen) atoms. The molecule has 2 aliphatic heterocycles. The maximum atomic E-state index is 13.0. The molecule has 0 aliphatic carbocycles. The van der Waals surface area contributed by atoms with Crippen LogP contribution < -0.4 is 10.1 Å². The number of fused-ring (bicyclic) bond motifs is 1. The Labute approximate surface area is 181 Å². The number of piperidine rings is 1. The molecule has 2 amide bonds. The van der Waals surface area contributed by atoms with Crippen molar-refractivity contribution in [1.82, 2.24) is 14.7 Å². The lowest BCUT2D eigenvalue weighted by Gasteiger charge is -2.31. The Morgan fingerprint density at radius 2 is 1.94 bits per heavy atom. The fourth-order valence-electron chi connectivity index (χ4n) is 4.23. The van der Waals surface area contributed by atoms with Gasteiger partial charge in [-0.25, -0.2) is 0 Å². The van der Waals surface area contributed by atoms with Gasteiger partial charge in [0.25, 0.3) is 5.91 Å². The number of ether oxygens (including phenoxy) is 1. The molecule has 8 nitrogen and oxygen atoms in total. The molecule has 1 N–H and O–H groups in total. The number of ketones is 1. The third-order valence-electron chi connectivity index (χ3n) is 6.40. The molecule has 1 saturated heterocycles. The Bertz CT molecular complexity index is 1030. The summed E-state index contributed by atoms with van der Waals surface area (Å²) in [4.78, 5) is 39.0. The molecule has 3 heterocycles. The number of amides is 2. The Morgan fingerprint density at radius 1 is 1.19 bits per heavy atom. The molecule has 1 aromatic heterocycles. The van der Waals surface area contributed by atoms with Crippen LogP contribution in [-0.4, -0.2) is 52.0 Å². The Morgan fingerprint density at radius 3 is 2.61 bits per heavy atom. The highest BCUT2D eigenvalue weighted by molar-refractivity contribution is 6.01. The number of nitrogens with one attached hydrogen (secondary N) is 1. The molecular weight excluding hydrogens is 396 g/mol. The van der Waals surface area contributed by atoms with Crippen molar-refractivity contribution in [2.45, 2.75) is 46.6 Å². The summed E-state index contributed by atoms with van der Waals surface area (Å²) < 4.78 is 7.25. The van der Waals surface area contributed by atoms with Gasteiger partial charge >= 0.3 is 0 Å². The van der Waals surface area contributed by atoms with Gasteiger partial charge in [0, 0.05) is 43.2 Å². The number of carbonyl (C=O) groups is 3. The van der Waals surface area contributed by atoms with E-state index in [1.54, 1.807) is 18.2 Å². The molecule has 0 saturated carbocycles. The number of hydrogen-bond donors (Lipinski definition) is 1. The maximum absolute atomic E-state index is 13.0. The van der Waals surface area contributed by atoms with E-state index in [1.807, 2.05) is 30.4 Å². The lowest BCUT2D eigenvalue weighted by Crippen LogP contribution is -2.40. The van der Waals surface area contributed by atoms with Crippen LogP contribution in [0.2, 0.25) is 0 Å². The smallest absolute Gasteiger partial charge is 0.262 e. The summed E-state index contributed by atoms with van der Waals surface area (Å²) >= 11 is 0. The largest absolute Gasteiger partial charge is 0.482 e. The minimum absolute atomic E-state index is 0.00797. The van der Waals surface area contributed by atoms with E-state index in [4.69, 9.17) is 4.74 Å². The van der Waals surface area contributed by atoms with Crippen molar-refractivity contribution in [3.05, 3.63) is 40.7 Å². The van der Waals surface area contributed by atoms with Crippen LogP contribution in [-0.2, 0) is 16.1 Å². The first-order valence-electron chi connectivity index (χ1n) is 10.7. The van der Waals surface area contributed by atoms with Crippen LogP contribution in [0.25, 0.3) is 0 Å². The van der Waals surface area contributed by atoms with Crippen molar-refractivity contribution in [3.8, 4) is 5.75 Å². The van der Waals surface area contributed by atoms with E-state index in [1.165, 1.54) is 5.56 Å². The molecule has 0 radical (unpaired) electrons. The van der Waals surface area contributed by atoms with Gasteiger partial charge in [-0.3, -0.25) is 19.1 Å². The van der Waals surface area contributed by atoms with Gasteiger partial charge in [0.1, 0.15) is 5.75 Å². The van der Waals surface area contributed by atoms with E-state index < -0.39 is 0 Å². The highest BCUT2D eigenvalue weighted by Crippen LogP contribution is 2.31. The lowest BCUT2D eigenvalue weighted by molar-refractivity contribution is -0.132. The zero-order chi connectivity index (χ0) is 22.1. The highest BCUT2D eigenvalue weighted by atomic mass is 16.5. The predicted molar refractivity (Wildman–Crippen MR) is 115 cm³/mol. The third-order valence-corrected chi connectivity index (χ3v) is 6.40. The van der Waals surface area contributed by atoms with Gasteiger partial charge in [0.2, 0.25) is 5.91 Å². The van der Waals surface area contributed by atoms with E-state index in [0.29, 0.717) is 55.9 Å². The van der Waals surface area contributed by atoms with Gasteiger partial charge < -0.3 is 15.0 Å². The van der Waals surface area contributed by atoms with Crippen LogP contribution in [0.5, 0.6) is 5.75 Å². The monoisotopic (exact) mass is 424 g/mol. The van der Waals surface area contributed by atoms with Crippen LogP contribution in [0.4, 0.5) is 5.69 Å². The van der Waals surface area contributed by atoms with Gasteiger partial charge in [-0.15, -0.1) is 0 Å². The number of likely N-dealkylation sites (tertiary alicyclic amines) is 1. The van der Waals surface area contributed by atoms with Gasteiger partial charge in [-0.2, -0.15) is 5.10 Å². The van der Waals surface area contributed by atoms with E-state index in [0.717, 1.165) is 11.4 Å². The first-order chi connectivity index (χ1) is 14.8. The quantitative estimate of drug-likeness (QED) is 0.745. The van der Waals surface area contributed by atoms with Crippen LogP contribution in [0.3, 0.4) is 0 Å². The molecule has 0 bridgehead atoms. The van der Waals surface area contributed by atoms with Crippen molar-refractivity contribution < 1.29 is 19.1 Å². The van der Waals surface area contributed by atoms with Crippen molar-refractivity contribution in [1.29, 1.82) is 0 Å². The van der Waals surface area contributed by atoms with Crippen molar-refractivity contribution in [2.24, 2.45) is 5.92 Å². The third kappa shape index (κ3) is 4.33. The molecule has 1 aromatic carbocycles. The first kappa shape index (κ1) is 21.1.